The van der Waals surface area contributed by atoms with E-state index in [1.54, 1.807) is 23.1 Å². The van der Waals surface area contributed by atoms with Crippen molar-refractivity contribution in [2.75, 3.05) is 38.5 Å². The first kappa shape index (κ1) is 18.4. The lowest BCUT2D eigenvalue weighted by molar-refractivity contribution is 0.0658. The molecule has 1 aliphatic heterocycles. The van der Waals surface area contributed by atoms with Crippen molar-refractivity contribution in [2.24, 2.45) is 0 Å². The normalized spacial score (nSPS) is 15.0. The van der Waals surface area contributed by atoms with Crippen LogP contribution >= 0.6 is 11.6 Å². The number of carbonyl (C=O) groups is 2. The second-order valence-electron chi connectivity index (χ2n) is 6.44. The third kappa shape index (κ3) is 4.20. The highest BCUT2D eigenvalue weighted by Crippen LogP contribution is 2.21. The van der Waals surface area contributed by atoms with Gasteiger partial charge in [0.1, 0.15) is 5.69 Å². The average Bonchev–Trinajstić information content (AvgIpc) is 2.65. The number of likely N-dealkylation sites (N-methyl/N-ethyl adjacent to an activating group) is 1. The smallest absolute Gasteiger partial charge is 0.272 e. The molecule has 2 aromatic rings. The quantitative estimate of drug-likeness (QED) is 0.899. The number of nitrogens with zero attached hydrogens (tertiary/aromatic N) is 3. The van der Waals surface area contributed by atoms with Crippen molar-refractivity contribution < 1.29 is 9.59 Å². The van der Waals surface area contributed by atoms with E-state index in [0.717, 1.165) is 18.7 Å². The summed E-state index contributed by atoms with van der Waals surface area (Å²) in [4.78, 5) is 33.3. The van der Waals surface area contributed by atoms with Crippen molar-refractivity contribution in [1.29, 1.82) is 0 Å². The number of pyridine rings is 1. The molecule has 136 valence electrons. The standard InChI is InChI=1S/C19H21ClN4O2/c1-13-3-4-15(20)12-16(13)22-18(25)14-5-6-21-17(11-14)19(26)24-9-7-23(2)8-10-24/h3-6,11-12H,7-10H2,1-2H3,(H,22,25). The van der Waals surface area contributed by atoms with Crippen LogP contribution in [0.4, 0.5) is 5.69 Å². The number of benzene rings is 1. The van der Waals surface area contributed by atoms with Crippen molar-refractivity contribution in [3.63, 3.8) is 0 Å². The van der Waals surface area contributed by atoms with E-state index >= 15 is 0 Å². The number of hydrogen-bond acceptors (Lipinski definition) is 4. The Morgan fingerprint density at radius 2 is 1.85 bits per heavy atom. The summed E-state index contributed by atoms with van der Waals surface area (Å²) in [6.07, 6.45) is 1.49. The van der Waals surface area contributed by atoms with Gasteiger partial charge in [0, 0.05) is 48.6 Å². The van der Waals surface area contributed by atoms with Crippen LogP contribution < -0.4 is 5.32 Å². The largest absolute Gasteiger partial charge is 0.335 e. The SMILES string of the molecule is Cc1ccc(Cl)cc1NC(=O)c1ccnc(C(=O)N2CCN(C)CC2)c1. The topological polar surface area (TPSA) is 65.5 Å². The molecule has 1 aliphatic rings. The van der Waals surface area contributed by atoms with E-state index in [1.807, 2.05) is 20.0 Å². The van der Waals surface area contributed by atoms with Crippen LogP contribution in [0.3, 0.4) is 0 Å². The van der Waals surface area contributed by atoms with Crippen LogP contribution in [0.5, 0.6) is 0 Å². The summed E-state index contributed by atoms with van der Waals surface area (Å²) < 4.78 is 0. The van der Waals surface area contributed by atoms with E-state index in [9.17, 15) is 9.59 Å². The summed E-state index contributed by atoms with van der Waals surface area (Å²) in [5.74, 6) is -0.447. The Bertz CT molecular complexity index is 832. The van der Waals surface area contributed by atoms with Gasteiger partial charge < -0.3 is 15.1 Å². The highest BCUT2D eigenvalue weighted by molar-refractivity contribution is 6.31. The van der Waals surface area contributed by atoms with Gasteiger partial charge in [-0.1, -0.05) is 17.7 Å². The molecular weight excluding hydrogens is 352 g/mol. The first-order valence-electron chi connectivity index (χ1n) is 8.45. The minimum atomic E-state index is -0.301. The lowest BCUT2D eigenvalue weighted by atomic mass is 10.1. The zero-order chi connectivity index (χ0) is 18.7. The Morgan fingerprint density at radius 1 is 1.12 bits per heavy atom. The summed E-state index contributed by atoms with van der Waals surface area (Å²) in [6, 6.07) is 8.44. The van der Waals surface area contributed by atoms with E-state index in [0.29, 0.717) is 29.4 Å². The Labute approximate surface area is 157 Å². The molecule has 1 N–H and O–H groups in total. The van der Waals surface area contributed by atoms with Crippen molar-refractivity contribution >= 4 is 29.1 Å². The summed E-state index contributed by atoms with van der Waals surface area (Å²) in [5.41, 5.74) is 2.22. The molecule has 7 heteroatoms. The second kappa shape index (κ2) is 7.85. The van der Waals surface area contributed by atoms with Gasteiger partial charge in [0.2, 0.25) is 0 Å². The van der Waals surface area contributed by atoms with E-state index in [4.69, 9.17) is 11.6 Å². The Kier molecular flexibility index (Phi) is 5.54. The van der Waals surface area contributed by atoms with Gasteiger partial charge in [-0.25, -0.2) is 0 Å². The molecule has 2 heterocycles. The Hall–Kier alpha value is -2.44. The van der Waals surface area contributed by atoms with Gasteiger partial charge in [0.25, 0.3) is 11.8 Å². The Balaban J connectivity index is 1.75. The van der Waals surface area contributed by atoms with Crippen LogP contribution in [0.15, 0.2) is 36.5 Å². The number of amides is 2. The minimum absolute atomic E-state index is 0.147. The van der Waals surface area contributed by atoms with Crippen LogP contribution in [0.1, 0.15) is 26.4 Å². The zero-order valence-electron chi connectivity index (χ0n) is 14.8. The molecule has 0 bridgehead atoms. The number of halogens is 1. The molecule has 1 saturated heterocycles. The fourth-order valence-corrected chi connectivity index (χ4v) is 2.96. The van der Waals surface area contributed by atoms with E-state index in [-0.39, 0.29) is 17.5 Å². The van der Waals surface area contributed by atoms with E-state index < -0.39 is 0 Å². The lowest BCUT2D eigenvalue weighted by Gasteiger charge is -2.32. The van der Waals surface area contributed by atoms with Crippen LogP contribution in [-0.2, 0) is 0 Å². The molecule has 0 saturated carbocycles. The van der Waals surface area contributed by atoms with E-state index in [1.165, 1.54) is 12.3 Å². The third-order valence-electron chi connectivity index (χ3n) is 4.48. The number of piperazine rings is 1. The molecule has 1 aromatic heterocycles. The number of aromatic nitrogens is 1. The van der Waals surface area contributed by atoms with Crippen LogP contribution in [0.2, 0.25) is 5.02 Å². The maximum atomic E-state index is 12.6. The first-order chi connectivity index (χ1) is 12.4. The summed E-state index contributed by atoms with van der Waals surface area (Å²) in [7, 11) is 2.03. The molecule has 0 atom stereocenters. The van der Waals surface area contributed by atoms with Gasteiger partial charge in [0.05, 0.1) is 0 Å². The van der Waals surface area contributed by atoms with Crippen molar-refractivity contribution in [2.45, 2.75) is 6.92 Å². The van der Waals surface area contributed by atoms with Crippen molar-refractivity contribution in [1.82, 2.24) is 14.8 Å². The number of carbonyl (C=O) groups excluding carboxylic acids is 2. The maximum absolute atomic E-state index is 12.6. The monoisotopic (exact) mass is 372 g/mol. The van der Waals surface area contributed by atoms with Crippen molar-refractivity contribution in [3.8, 4) is 0 Å². The molecule has 1 fully saturated rings. The third-order valence-corrected chi connectivity index (χ3v) is 4.71. The fraction of sp³-hybridized carbons (Fsp3) is 0.316. The first-order valence-corrected chi connectivity index (χ1v) is 8.83. The van der Waals surface area contributed by atoms with Gasteiger partial charge in [0.15, 0.2) is 0 Å². The average molecular weight is 373 g/mol. The fourth-order valence-electron chi connectivity index (χ4n) is 2.78. The Morgan fingerprint density at radius 3 is 2.58 bits per heavy atom. The molecule has 0 unspecified atom stereocenters. The van der Waals surface area contributed by atoms with Crippen LogP contribution in [0, 0.1) is 6.92 Å². The maximum Gasteiger partial charge on any atom is 0.272 e. The molecule has 26 heavy (non-hydrogen) atoms. The highest BCUT2D eigenvalue weighted by Gasteiger charge is 2.22. The summed E-state index contributed by atoms with van der Waals surface area (Å²) in [5, 5.41) is 3.38. The predicted octanol–water partition coefficient (Wildman–Crippen LogP) is 2.68. The summed E-state index contributed by atoms with van der Waals surface area (Å²) in [6.45, 7) is 4.88. The lowest BCUT2D eigenvalue weighted by Crippen LogP contribution is -2.47. The van der Waals surface area contributed by atoms with Gasteiger partial charge >= 0.3 is 0 Å². The van der Waals surface area contributed by atoms with E-state index in [2.05, 4.69) is 15.2 Å². The molecule has 0 spiro atoms. The second-order valence-corrected chi connectivity index (χ2v) is 6.88. The molecule has 0 radical (unpaired) electrons. The molecule has 6 nitrogen and oxygen atoms in total. The molecule has 2 amide bonds. The number of anilines is 1. The van der Waals surface area contributed by atoms with Crippen LogP contribution in [-0.4, -0.2) is 59.8 Å². The van der Waals surface area contributed by atoms with Crippen molar-refractivity contribution in [3.05, 3.63) is 58.4 Å². The van der Waals surface area contributed by atoms with Gasteiger partial charge in [-0.3, -0.25) is 14.6 Å². The highest BCUT2D eigenvalue weighted by atomic mass is 35.5. The van der Waals surface area contributed by atoms with Gasteiger partial charge in [-0.15, -0.1) is 0 Å². The number of rotatable bonds is 3. The number of hydrogen-bond donors (Lipinski definition) is 1. The number of nitrogens with one attached hydrogen (secondary N) is 1. The van der Waals surface area contributed by atoms with Crippen LogP contribution in [0.25, 0.3) is 0 Å². The predicted molar refractivity (Wildman–Crippen MR) is 102 cm³/mol. The molecule has 0 aliphatic carbocycles. The minimum Gasteiger partial charge on any atom is -0.335 e. The number of aryl methyl sites for hydroxylation is 1. The summed E-state index contributed by atoms with van der Waals surface area (Å²) >= 11 is 5.99. The molecule has 3 rings (SSSR count). The van der Waals surface area contributed by atoms with Gasteiger partial charge in [-0.05, 0) is 43.8 Å². The molecule has 1 aromatic carbocycles. The molecular formula is C19H21ClN4O2. The zero-order valence-corrected chi connectivity index (χ0v) is 15.6. The van der Waals surface area contributed by atoms with Gasteiger partial charge in [-0.2, -0.15) is 0 Å².